The first-order chi connectivity index (χ1) is 12.5. The smallest absolute Gasteiger partial charge is 0.226 e. The molecule has 1 aromatic rings. The largest absolute Gasteiger partial charge is 0.493 e. The fraction of sp³-hybridized carbons (Fsp3) is 0.619. The van der Waals surface area contributed by atoms with Crippen LogP contribution in [0.1, 0.15) is 45.1 Å². The van der Waals surface area contributed by atoms with E-state index in [0.29, 0.717) is 18.4 Å². The molecule has 5 nitrogen and oxygen atoms in total. The van der Waals surface area contributed by atoms with Gasteiger partial charge in [-0.3, -0.25) is 9.59 Å². The molecule has 2 amide bonds. The fourth-order valence-corrected chi connectivity index (χ4v) is 4.96. The molecule has 1 N–H and O–H groups in total. The first-order valence-corrected chi connectivity index (χ1v) is 9.79. The number of nitrogens with one attached hydrogen (secondary N) is 1. The van der Waals surface area contributed by atoms with Gasteiger partial charge in [-0.25, -0.2) is 0 Å². The number of carbonyl (C=O) groups excluding carboxylic acids is 2. The highest BCUT2D eigenvalue weighted by molar-refractivity contribution is 5.85. The SMILES string of the molecule is CC(=O)NC(C)C1CCN(C(=O)[C@@H]2C[C@]23CCOc2ccccc23)CC1. The average molecular weight is 356 g/mol. The Bertz CT molecular complexity index is 711. The summed E-state index contributed by atoms with van der Waals surface area (Å²) in [6.07, 6.45) is 3.82. The second-order valence-corrected chi connectivity index (χ2v) is 8.16. The molecule has 2 heterocycles. The van der Waals surface area contributed by atoms with Gasteiger partial charge in [-0.05, 0) is 44.6 Å². The summed E-state index contributed by atoms with van der Waals surface area (Å²) in [5.74, 6) is 1.86. The lowest BCUT2D eigenvalue weighted by Crippen LogP contribution is -2.46. The van der Waals surface area contributed by atoms with Crippen molar-refractivity contribution in [1.29, 1.82) is 0 Å². The number of likely N-dealkylation sites (tertiary alicyclic amines) is 1. The van der Waals surface area contributed by atoms with E-state index in [4.69, 9.17) is 4.74 Å². The third kappa shape index (κ3) is 2.97. The Kier molecular flexibility index (Phi) is 4.41. The third-order valence-corrected chi connectivity index (χ3v) is 6.59. The lowest BCUT2D eigenvalue weighted by atomic mass is 9.86. The zero-order valence-corrected chi connectivity index (χ0v) is 15.7. The van der Waals surface area contributed by atoms with Crippen LogP contribution in [0.15, 0.2) is 24.3 Å². The van der Waals surface area contributed by atoms with Crippen LogP contribution in [0, 0.1) is 11.8 Å². The van der Waals surface area contributed by atoms with Gasteiger partial charge in [-0.1, -0.05) is 18.2 Å². The Balaban J connectivity index is 1.38. The van der Waals surface area contributed by atoms with E-state index in [1.165, 1.54) is 5.56 Å². The molecule has 3 atom stereocenters. The zero-order chi connectivity index (χ0) is 18.3. The molecule has 4 rings (SSSR count). The summed E-state index contributed by atoms with van der Waals surface area (Å²) in [6, 6.07) is 8.37. The van der Waals surface area contributed by atoms with E-state index in [9.17, 15) is 9.59 Å². The fourth-order valence-electron chi connectivity index (χ4n) is 4.96. The van der Waals surface area contributed by atoms with Crippen molar-refractivity contribution in [3.05, 3.63) is 29.8 Å². The van der Waals surface area contributed by atoms with Crippen LogP contribution >= 0.6 is 0 Å². The summed E-state index contributed by atoms with van der Waals surface area (Å²) in [6.45, 7) is 5.94. The van der Waals surface area contributed by atoms with Gasteiger partial charge in [-0.2, -0.15) is 0 Å². The topological polar surface area (TPSA) is 58.6 Å². The molecule has 2 aliphatic heterocycles. The molecule has 1 unspecified atom stereocenters. The summed E-state index contributed by atoms with van der Waals surface area (Å²) in [4.78, 5) is 26.4. The predicted molar refractivity (Wildman–Crippen MR) is 98.9 cm³/mol. The van der Waals surface area contributed by atoms with E-state index < -0.39 is 0 Å². The number of nitrogens with zero attached hydrogens (tertiary/aromatic N) is 1. The quantitative estimate of drug-likeness (QED) is 0.905. The van der Waals surface area contributed by atoms with Crippen molar-refractivity contribution in [2.45, 2.75) is 51.0 Å². The van der Waals surface area contributed by atoms with Crippen molar-refractivity contribution < 1.29 is 14.3 Å². The molecule has 26 heavy (non-hydrogen) atoms. The number of fused-ring (bicyclic) bond motifs is 2. The van der Waals surface area contributed by atoms with Crippen molar-refractivity contribution in [2.75, 3.05) is 19.7 Å². The van der Waals surface area contributed by atoms with Gasteiger partial charge in [0.05, 0.1) is 6.61 Å². The average Bonchev–Trinajstić information content (AvgIpc) is 3.35. The number of hydrogen-bond donors (Lipinski definition) is 1. The lowest BCUT2D eigenvalue weighted by molar-refractivity contribution is -0.135. The third-order valence-electron chi connectivity index (χ3n) is 6.59. The molecule has 0 aromatic heterocycles. The number of amides is 2. The number of para-hydroxylation sites is 1. The number of hydrogen-bond acceptors (Lipinski definition) is 3. The molecule has 1 saturated heterocycles. The summed E-state index contributed by atoms with van der Waals surface area (Å²) < 4.78 is 5.79. The number of piperidine rings is 1. The minimum Gasteiger partial charge on any atom is -0.493 e. The molecule has 2 fully saturated rings. The Hall–Kier alpha value is -2.04. The molecule has 0 radical (unpaired) electrons. The Labute approximate surface area is 155 Å². The Morgan fingerprint density at radius 1 is 1.27 bits per heavy atom. The summed E-state index contributed by atoms with van der Waals surface area (Å²) in [7, 11) is 0. The zero-order valence-electron chi connectivity index (χ0n) is 15.7. The van der Waals surface area contributed by atoms with Gasteiger partial charge in [-0.15, -0.1) is 0 Å². The van der Waals surface area contributed by atoms with Crippen molar-refractivity contribution in [3.63, 3.8) is 0 Å². The van der Waals surface area contributed by atoms with Crippen molar-refractivity contribution in [2.24, 2.45) is 11.8 Å². The van der Waals surface area contributed by atoms with Crippen molar-refractivity contribution >= 4 is 11.8 Å². The van der Waals surface area contributed by atoms with Crippen LogP contribution < -0.4 is 10.1 Å². The molecule has 140 valence electrons. The monoisotopic (exact) mass is 356 g/mol. The first-order valence-electron chi connectivity index (χ1n) is 9.79. The van der Waals surface area contributed by atoms with Crippen molar-refractivity contribution in [1.82, 2.24) is 10.2 Å². The van der Waals surface area contributed by atoms with E-state index >= 15 is 0 Å². The van der Waals surface area contributed by atoms with E-state index in [0.717, 1.165) is 44.5 Å². The first kappa shape index (κ1) is 17.4. The Morgan fingerprint density at radius 2 is 2.00 bits per heavy atom. The van der Waals surface area contributed by atoms with Crippen molar-refractivity contribution in [3.8, 4) is 5.75 Å². The maximum atomic E-state index is 13.1. The highest BCUT2D eigenvalue weighted by Gasteiger charge is 2.61. The van der Waals surface area contributed by atoms with Gasteiger partial charge in [0.1, 0.15) is 5.75 Å². The highest BCUT2D eigenvalue weighted by Crippen LogP contribution is 2.61. The molecule has 5 heteroatoms. The van der Waals surface area contributed by atoms with Gasteiger partial charge >= 0.3 is 0 Å². The molecular formula is C21H28N2O3. The molecule has 1 aromatic carbocycles. The number of rotatable bonds is 3. The second-order valence-electron chi connectivity index (χ2n) is 8.16. The van der Waals surface area contributed by atoms with Crippen LogP contribution in [0.2, 0.25) is 0 Å². The molecule has 3 aliphatic rings. The number of benzene rings is 1. The minimum absolute atomic E-state index is 0.00620. The number of ether oxygens (including phenoxy) is 1. The normalized spacial score (nSPS) is 28.8. The van der Waals surface area contributed by atoms with Crippen LogP contribution in [0.25, 0.3) is 0 Å². The van der Waals surface area contributed by atoms with Crippen LogP contribution in [0.4, 0.5) is 0 Å². The molecule has 1 aliphatic carbocycles. The molecular weight excluding hydrogens is 328 g/mol. The highest BCUT2D eigenvalue weighted by atomic mass is 16.5. The van der Waals surface area contributed by atoms with E-state index in [-0.39, 0.29) is 23.3 Å². The molecule has 1 saturated carbocycles. The van der Waals surface area contributed by atoms with Gasteiger partial charge in [0.15, 0.2) is 0 Å². The van der Waals surface area contributed by atoms with Gasteiger partial charge in [0.2, 0.25) is 11.8 Å². The van der Waals surface area contributed by atoms with Crippen LogP contribution in [0.5, 0.6) is 5.75 Å². The maximum absolute atomic E-state index is 13.1. The molecule has 0 bridgehead atoms. The van der Waals surface area contributed by atoms with E-state index in [1.54, 1.807) is 6.92 Å². The second kappa shape index (κ2) is 6.60. The predicted octanol–water partition coefficient (Wildman–Crippen LogP) is 2.49. The minimum atomic E-state index is 0.00620. The van der Waals surface area contributed by atoms with E-state index in [1.807, 2.05) is 18.2 Å². The Morgan fingerprint density at radius 3 is 2.73 bits per heavy atom. The standard InChI is InChI=1S/C21H28N2O3/c1-14(22-15(2)24)16-7-10-23(11-8-16)20(25)18-13-21(18)9-12-26-19-6-4-3-5-17(19)21/h3-6,14,16,18H,7-13H2,1-2H3,(H,22,24)/t14?,18-,21-/m0/s1. The van der Waals surface area contributed by atoms with Crippen LogP contribution in [-0.4, -0.2) is 42.5 Å². The number of carbonyl (C=O) groups is 2. The van der Waals surface area contributed by atoms with Gasteiger partial charge in [0, 0.05) is 43.0 Å². The van der Waals surface area contributed by atoms with Crippen LogP contribution in [-0.2, 0) is 15.0 Å². The summed E-state index contributed by atoms with van der Waals surface area (Å²) >= 11 is 0. The lowest BCUT2D eigenvalue weighted by Gasteiger charge is -2.36. The van der Waals surface area contributed by atoms with E-state index in [2.05, 4.69) is 23.2 Å². The molecule has 1 spiro atoms. The van der Waals surface area contributed by atoms with Gasteiger partial charge < -0.3 is 15.0 Å². The maximum Gasteiger partial charge on any atom is 0.226 e. The summed E-state index contributed by atoms with van der Waals surface area (Å²) in [5.41, 5.74) is 1.23. The van der Waals surface area contributed by atoms with Crippen LogP contribution in [0.3, 0.4) is 0 Å². The van der Waals surface area contributed by atoms with Gasteiger partial charge in [0.25, 0.3) is 0 Å². The summed E-state index contributed by atoms with van der Waals surface area (Å²) in [5, 5.41) is 2.99.